The van der Waals surface area contributed by atoms with E-state index in [2.05, 4.69) is 23.3 Å². The van der Waals surface area contributed by atoms with Crippen molar-refractivity contribution in [2.75, 3.05) is 11.9 Å². The average Bonchev–Trinajstić information content (AvgIpc) is 2.69. The summed E-state index contributed by atoms with van der Waals surface area (Å²) >= 11 is 1.69. The molecule has 0 aliphatic carbocycles. The third-order valence-electron chi connectivity index (χ3n) is 3.20. The van der Waals surface area contributed by atoms with Crippen molar-refractivity contribution in [2.45, 2.75) is 33.3 Å². The van der Waals surface area contributed by atoms with E-state index in [1.165, 1.54) is 10.4 Å². The summed E-state index contributed by atoms with van der Waals surface area (Å²) < 4.78 is 0. The lowest BCUT2D eigenvalue weighted by Gasteiger charge is -2.11. The van der Waals surface area contributed by atoms with Crippen LogP contribution in [-0.2, 0) is 6.42 Å². The van der Waals surface area contributed by atoms with Crippen LogP contribution < -0.4 is 5.32 Å². The molecular formula is C15H20N2OS. The standard InChI is InChI=1S/C15H20N2OS/c1-10-12(3)19-15(17-10)16-9-8-13-6-4-5-7-14(13)11(2)18/h4-7,11,18H,8-9H2,1-3H3,(H,16,17). The molecule has 1 aromatic heterocycles. The molecule has 0 spiro atoms. The Morgan fingerprint density at radius 1 is 1.32 bits per heavy atom. The van der Waals surface area contributed by atoms with Crippen LogP contribution in [0.5, 0.6) is 0 Å². The summed E-state index contributed by atoms with van der Waals surface area (Å²) in [7, 11) is 0. The first-order valence-electron chi connectivity index (χ1n) is 6.51. The van der Waals surface area contributed by atoms with Crippen LogP contribution in [0.3, 0.4) is 0 Å². The number of aryl methyl sites for hydroxylation is 2. The summed E-state index contributed by atoms with van der Waals surface area (Å²) in [6, 6.07) is 8.03. The smallest absolute Gasteiger partial charge is 0.183 e. The first-order valence-corrected chi connectivity index (χ1v) is 7.33. The molecule has 0 aliphatic rings. The molecule has 0 amide bonds. The van der Waals surface area contributed by atoms with E-state index in [9.17, 15) is 5.11 Å². The van der Waals surface area contributed by atoms with Gasteiger partial charge in [0.2, 0.25) is 0 Å². The molecule has 1 heterocycles. The number of anilines is 1. The van der Waals surface area contributed by atoms with E-state index in [1.807, 2.05) is 25.1 Å². The van der Waals surface area contributed by atoms with Gasteiger partial charge in [0.05, 0.1) is 11.8 Å². The lowest BCUT2D eigenvalue weighted by atomic mass is 10.0. The fraction of sp³-hybridized carbons (Fsp3) is 0.400. The lowest BCUT2D eigenvalue weighted by Crippen LogP contribution is -2.07. The summed E-state index contributed by atoms with van der Waals surface area (Å²) in [4.78, 5) is 5.71. The number of aliphatic hydroxyl groups is 1. The topological polar surface area (TPSA) is 45.2 Å². The summed E-state index contributed by atoms with van der Waals surface area (Å²) in [6.45, 7) is 6.75. The quantitative estimate of drug-likeness (QED) is 0.879. The van der Waals surface area contributed by atoms with Gasteiger partial charge < -0.3 is 10.4 Å². The Bertz CT molecular complexity index is 529. The SMILES string of the molecule is Cc1nc(NCCc2ccccc2C(C)O)sc1C. The predicted octanol–water partition coefficient (Wildman–Crippen LogP) is 3.47. The van der Waals surface area contributed by atoms with Crippen molar-refractivity contribution in [3.8, 4) is 0 Å². The minimum atomic E-state index is -0.416. The third-order valence-corrected chi connectivity index (χ3v) is 4.23. The van der Waals surface area contributed by atoms with Crippen molar-refractivity contribution in [3.05, 3.63) is 46.0 Å². The van der Waals surface area contributed by atoms with Crippen molar-refractivity contribution < 1.29 is 5.11 Å². The minimum Gasteiger partial charge on any atom is -0.389 e. The van der Waals surface area contributed by atoms with Crippen molar-refractivity contribution in [1.29, 1.82) is 0 Å². The van der Waals surface area contributed by atoms with Gasteiger partial charge >= 0.3 is 0 Å². The van der Waals surface area contributed by atoms with Gasteiger partial charge in [-0.05, 0) is 38.3 Å². The first-order chi connectivity index (χ1) is 9.08. The van der Waals surface area contributed by atoms with Crippen LogP contribution in [0.2, 0.25) is 0 Å². The molecule has 2 N–H and O–H groups in total. The zero-order valence-corrected chi connectivity index (χ0v) is 12.4. The van der Waals surface area contributed by atoms with Crippen molar-refractivity contribution in [2.24, 2.45) is 0 Å². The number of nitrogens with zero attached hydrogens (tertiary/aromatic N) is 1. The van der Waals surface area contributed by atoms with Crippen LogP contribution in [0.1, 0.15) is 34.7 Å². The molecule has 1 aromatic carbocycles. The summed E-state index contributed by atoms with van der Waals surface area (Å²) in [5.41, 5.74) is 3.29. The predicted molar refractivity (Wildman–Crippen MR) is 80.9 cm³/mol. The summed E-state index contributed by atoms with van der Waals surface area (Å²) in [6.07, 6.45) is 0.471. The third kappa shape index (κ3) is 3.55. The molecular weight excluding hydrogens is 256 g/mol. The van der Waals surface area contributed by atoms with Gasteiger partial charge in [0.25, 0.3) is 0 Å². The molecule has 0 aliphatic heterocycles. The number of rotatable bonds is 5. The fourth-order valence-corrected chi connectivity index (χ4v) is 2.86. The van der Waals surface area contributed by atoms with Gasteiger partial charge in [-0.3, -0.25) is 0 Å². The minimum absolute atomic E-state index is 0.416. The Labute approximate surface area is 118 Å². The highest BCUT2D eigenvalue weighted by atomic mass is 32.1. The molecule has 2 aromatic rings. The van der Waals surface area contributed by atoms with E-state index in [0.29, 0.717) is 0 Å². The molecule has 3 nitrogen and oxygen atoms in total. The second kappa shape index (κ2) is 6.17. The highest BCUT2D eigenvalue weighted by molar-refractivity contribution is 7.15. The van der Waals surface area contributed by atoms with Crippen molar-refractivity contribution >= 4 is 16.5 Å². The Morgan fingerprint density at radius 3 is 2.68 bits per heavy atom. The molecule has 4 heteroatoms. The highest BCUT2D eigenvalue weighted by Gasteiger charge is 2.07. The van der Waals surface area contributed by atoms with Crippen LogP contribution in [0.4, 0.5) is 5.13 Å². The van der Waals surface area contributed by atoms with Gasteiger partial charge in [-0.1, -0.05) is 24.3 Å². The van der Waals surface area contributed by atoms with Crippen LogP contribution in [0, 0.1) is 13.8 Å². The summed E-state index contributed by atoms with van der Waals surface area (Å²) in [5.74, 6) is 0. The molecule has 0 saturated heterocycles. The maximum atomic E-state index is 9.73. The molecule has 0 bridgehead atoms. The van der Waals surface area contributed by atoms with Gasteiger partial charge in [0.15, 0.2) is 5.13 Å². The zero-order valence-electron chi connectivity index (χ0n) is 11.6. The van der Waals surface area contributed by atoms with Gasteiger partial charge in [-0.15, -0.1) is 11.3 Å². The Balaban J connectivity index is 1.96. The van der Waals surface area contributed by atoms with Gasteiger partial charge in [-0.25, -0.2) is 4.98 Å². The Kier molecular flexibility index (Phi) is 4.56. The molecule has 0 saturated carbocycles. The second-order valence-corrected chi connectivity index (χ2v) is 5.92. The molecule has 1 atom stereocenters. The number of nitrogens with one attached hydrogen (secondary N) is 1. The molecule has 19 heavy (non-hydrogen) atoms. The number of aromatic nitrogens is 1. The van der Waals surface area contributed by atoms with Gasteiger partial charge in [-0.2, -0.15) is 0 Å². The van der Waals surface area contributed by atoms with E-state index in [-0.39, 0.29) is 0 Å². The normalized spacial score (nSPS) is 12.4. The fourth-order valence-electron chi connectivity index (χ4n) is 2.02. The van der Waals surface area contributed by atoms with Crippen LogP contribution in [0.25, 0.3) is 0 Å². The van der Waals surface area contributed by atoms with E-state index < -0.39 is 6.10 Å². The summed E-state index contributed by atoms with van der Waals surface area (Å²) in [5, 5.41) is 14.1. The van der Waals surface area contributed by atoms with E-state index in [0.717, 1.165) is 29.4 Å². The molecule has 0 radical (unpaired) electrons. The number of hydrogen-bond acceptors (Lipinski definition) is 4. The van der Waals surface area contributed by atoms with Crippen molar-refractivity contribution in [3.63, 3.8) is 0 Å². The van der Waals surface area contributed by atoms with Crippen LogP contribution >= 0.6 is 11.3 Å². The molecule has 102 valence electrons. The van der Waals surface area contributed by atoms with E-state index in [1.54, 1.807) is 18.3 Å². The zero-order chi connectivity index (χ0) is 13.8. The highest BCUT2D eigenvalue weighted by Crippen LogP contribution is 2.22. The monoisotopic (exact) mass is 276 g/mol. The molecule has 0 fully saturated rings. The van der Waals surface area contributed by atoms with Crippen LogP contribution in [-0.4, -0.2) is 16.6 Å². The first kappa shape index (κ1) is 14.0. The second-order valence-electron chi connectivity index (χ2n) is 4.71. The number of thiazole rings is 1. The maximum Gasteiger partial charge on any atom is 0.183 e. The molecule has 2 rings (SSSR count). The average molecular weight is 276 g/mol. The van der Waals surface area contributed by atoms with Crippen molar-refractivity contribution in [1.82, 2.24) is 4.98 Å². The van der Waals surface area contributed by atoms with E-state index >= 15 is 0 Å². The van der Waals surface area contributed by atoms with Gasteiger partial charge in [0, 0.05) is 11.4 Å². The number of benzene rings is 1. The largest absolute Gasteiger partial charge is 0.389 e. The van der Waals surface area contributed by atoms with Gasteiger partial charge in [0.1, 0.15) is 0 Å². The Morgan fingerprint density at radius 2 is 2.05 bits per heavy atom. The van der Waals surface area contributed by atoms with Crippen LogP contribution in [0.15, 0.2) is 24.3 Å². The number of hydrogen-bond donors (Lipinski definition) is 2. The maximum absolute atomic E-state index is 9.73. The van der Waals surface area contributed by atoms with E-state index in [4.69, 9.17) is 0 Å². The lowest BCUT2D eigenvalue weighted by molar-refractivity contribution is 0.198. The molecule has 1 unspecified atom stereocenters. The number of aliphatic hydroxyl groups excluding tert-OH is 1. The Hall–Kier alpha value is -1.39.